The number of halogens is 3. The summed E-state index contributed by atoms with van der Waals surface area (Å²) < 4.78 is 53.6. The number of nitriles is 1. The van der Waals surface area contributed by atoms with Crippen molar-refractivity contribution in [1.82, 2.24) is 14.8 Å². The van der Waals surface area contributed by atoms with E-state index in [0.717, 1.165) is 50.3 Å². The molecule has 0 bridgehead atoms. The third-order valence-corrected chi connectivity index (χ3v) is 8.63. The molecule has 1 aromatic heterocycles. The summed E-state index contributed by atoms with van der Waals surface area (Å²) in [6.07, 6.45) is -2.08. The monoisotopic (exact) mass is 625 g/mol. The number of fused-ring (bicyclic) bond motifs is 1. The van der Waals surface area contributed by atoms with Gasteiger partial charge in [0.15, 0.2) is 0 Å². The summed E-state index contributed by atoms with van der Waals surface area (Å²) in [5, 5.41) is 16.3. The van der Waals surface area contributed by atoms with Crippen molar-refractivity contribution in [3.63, 3.8) is 0 Å². The molecule has 0 amide bonds. The molecule has 2 aliphatic heterocycles. The number of benzene rings is 2. The number of nitrogens with one attached hydrogen (secondary N) is 1. The Kier molecular flexibility index (Phi) is 8.91. The lowest BCUT2D eigenvalue weighted by Crippen LogP contribution is -2.46. The minimum Gasteiger partial charge on any atom is -0.466 e. The van der Waals surface area contributed by atoms with Crippen LogP contribution in [0.25, 0.3) is 0 Å². The van der Waals surface area contributed by atoms with Crippen molar-refractivity contribution < 1.29 is 31.9 Å². The Morgan fingerprint density at radius 2 is 1.93 bits per heavy atom. The Balaban J connectivity index is 1.62. The number of quaternary nitrogens is 1. The summed E-state index contributed by atoms with van der Waals surface area (Å²) in [6.45, 7) is 4.75. The third kappa shape index (κ3) is 6.53. The van der Waals surface area contributed by atoms with Crippen LogP contribution < -0.4 is 10.6 Å². The number of esters is 1. The molecule has 13 heteroatoms. The number of hydrogen-bond acceptors (Lipinski definition) is 7. The molecule has 238 valence electrons. The predicted octanol–water partition coefficient (Wildman–Crippen LogP) is 4.70. The topological polar surface area (TPSA) is 113 Å². The van der Waals surface area contributed by atoms with E-state index in [-0.39, 0.29) is 22.9 Å². The first-order valence-corrected chi connectivity index (χ1v) is 14.7. The van der Waals surface area contributed by atoms with E-state index in [9.17, 15) is 28.0 Å². The maximum Gasteiger partial charge on any atom is 0.416 e. The number of allylic oxidation sites excluding steroid dienone is 1. The number of methoxy groups -OCH3 is 1. The summed E-state index contributed by atoms with van der Waals surface area (Å²) in [7, 11) is 5.51. The van der Waals surface area contributed by atoms with Crippen molar-refractivity contribution in [1.29, 1.82) is 5.26 Å². The molecule has 0 radical (unpaired) electrons. The molecule has 3 heterocycles. The summed E-state index contributed by atoms with van der Waals surface area (Å²) in [6, 6.07) is 10.8. The van der Waals surface area contributed by atoms with Crippen LogP contribution in [0.5, 0.6) is 0 Å². The Morgan fingerprint density at radius 3 is 2.60 bits per heavy atom. The van der Waals surface area contributed by atoms with Crippen LogP contribution >= 0.6 is 0 Å². The number of carbonyl (C=O) groups excluding carboxylic acids is 1. The van der Waals surface area contributed by atoms with Gasteiger partial charge in [-0.1, -0.05) is 12.1 Å². The fraction of sp³-hybridized carbons (Fsp3) is 0.438. The molecule has 5 rings (SSSR count). The lowest BCUT2D eigenvalue weighted by atomic mass is 9.88. The molecule has 0 spiro atoms. The number of alkyl halides is 3. The molecule has 3 aromatic rings. The van der Waals surface area contributed by atoms with Crippen LogP contribution in [0.2, 0.25) is 0 Å². The van der Waals surface area contributed by atoms with E-state index < -0.39 is 29.4 Å². The zero-order valence-corrected chi connectivity index (χ0v) is 25.6. The number of aromatic amines is 1. The second-order valence-electron chi connectivity index (χ2n) is 12.1. The summed E-state index contributed by atoms with van der Waals surface area (Å²) in [5.74, 6) is -0.206. The van der Waals surface area contributed by atoms with Gasteiger partial charge in [-0.2, -0.15) is 18.4 Å². The zero-order valence-electron chi connectivity index (χ0n) is 25.6. The lowest BCUT2D eigenvalue weighted by molar-refractivity contribution is -0.893. The number of ether oxygens (including phenoxy) is 2. The second kappa shape index (κ2) is 12.5. The minimum atomic E-state index is -4.61. The van der Waals surface area contributed by atoms with Crippen LogP contribution in [0.3, 0.4) is 0 Å². The first kappa shape index (κ1) is 32.0. The van der Waals surface area contributed by atoms with Gasteiger partial charge in [-0.3, -0.25) is 4.90 Å². The Morgan fingerprint density at radius 1 is 1.20 bits per heavy atom. The first-order chi connectivity index (χ1) is 21.3. The molecular weight excluding hydrogens is 589 g/mol. The molecule has 1 fully saturated rings. The highest BCUT2D eigenvalue weighted by molar-refractivity contribution is 5.93. The summed E-state index contributed by atoms with van der Waals surface area (Å²) >= 11 is 0. The lowest BCUT2D eigenvalue weighted by Gasteiger charge is -2.37. The van der Waals surface area contributed by atoms with Gasteiger partial charge in [-0.05, 0) is 61.2 Å². The van der Waals surface area contributed by atoms with Crippen molar-refractivity contribution in [3.8, 4) is 6.07 Å². The quantitative estimate of drug-likeness (QED) is 0.285. The standard InChI is InChI=1S/C32H35F3N6O4/c1-20-27(29(42)44-4)28(40-30(37-38-31(40)43)39(20)25-7-5-6-24(17-25)32(33,34)35)26-9-8-22(18-36)16-23(26)10-13-41(2,3)19-21-11-14-45-15-12-21/h5-9,16-17,21,28H,10-15,19H2,1-4H3/p+1/t28-/m1/s1. The van der Waals surface area contributed by atoms with Gasteiger partial charge in [0.2, 0.25) is 5.95 Å². The van der Waals surface area contributed by atoms with E-state index in [1.807, 2.05) is 0 Å². The number of anilines is 2. The van der Waals surface area contributed by atoms with E-state index in [1.165, 1.54) is 28.7 Å². The molecule has 2 aromatic carbocycles. The molecule has 1 atom stereocenters. The van der Waals surface area contributed by atoms with E-state index in [2.05, 4.69) is 30.4 Å². The van der Waals surface area contributed by atoms with E-state index in [0.29, 0.717) is 34.5 Å². The van der Waals surface area contributed by atoms with Gasteiger partial charge in [0.05, 0.1) is 57.1 Å². The molecule has 0 unspecified atom stereocenters. The maximum absolute atomic E-state index is 13.7. The van der Waals surface area contributed by atoms with E-state index in [4.69, 9.17) is 9.47 Å². The predicted molar refractivity (Wildman–Crippen MR) is 160 cm³/mol. The van der Waals surface area contributed by atoms with Crippen LogP contribution in [0.15, 0.2) is 58.5 Å². The van der Waals surface area contributed by atoms with Gasteiger partial charge in [0.25, 0.3) is 0 Å². The molecular formula is C32H36F3N6O4+. The van der Waals surface area contributed by atoms with Gasteiger partial charge in [-0.25, -0.2) is 19.3 Å². The second-order valence-corrected chi connectivity index (χ2v) is 12.1. The molecule has 0 aliphatic carbocycles. The van der Waals surface area contributed by atoms with Crippen LogP contribution in [0.1, 0.15) is 48.1 Å². The van der Waals surface area contributed by atoms with Crippen LogP contribution in [-0.2, 0) is 26.9 Å². The van der Waals surface area contributed by atoms with Crippen LogP contribution in [0, 0.1) is 17.2 Å². The van der Waals surface area contributed by atoms with Crippen molar-refractivity contribution in [2.45, 2.75) is 38.4 Å². The fourth-order valence-electron chi connectivity index (χ4n) is 6.38. The van der Waals surface area contributed by atoms with E-state index >= 15 is 0 Å². The first-order valence-electron chi connectivity index (χ1n) is 14.7. The van der Waals surface area contributed by atoms with Gasteiger partial charge in [0.1, 0.15) is 6.04 Å². The SMILES string of the molecule is COC(=O)C1=C(C)N(c2cccc(C(F)(F)F)c2)c2n[nH]c(=O)n2[C@@H]1c1ccc(C#N)cc1CC[N+](C)(C)CC1CCOCC1. The highest BCUT2D eigenvalue weighted by atomic mass is 19.4. The summed E-state index contributed by atoms with van der Waals surface area (Å²) in [4.78, 5) is 28.2. The third-order valence-electron chi connectivity index (χ3n) is 8.63. The molecule has 0 saturated carbocycles. The average molecular weight is 626 g/mol. The normalized spacial score (nSPS) is 17.6. The molecule has 10 nitrogen and oxygen atoms in total. The number of hydrogen-bond donors (Lipinski definition) is 1. The zero-order chi connectivity index (χ0) is 32.5. The van der Waals surface area contributed by atoms with Crippen LogP contribution in [0.4, 0.5) is 24.8 Å². The number of H-pyrrole nitrogens is 1. The highest BCUT2D eigenvalue weighted by Gasteiger charge is 2.41. The van der Waals surface area contributed by atoms with Gasteiger partial charge in [0, 0.05) is 36.9 Å². The van der Waals surface area contributed by atoms with Crippen molar-refractivity contribution in [2.24, 2.45) is 5.92 Å². The van der Waals surface area contributed by atoms with Gasteiger partial charge in [-0.15, -0.1) is 5.10 Å². The number of carbonyl (C=O) groups is 1. The summed E-state index contributed by atoms with van der Waals surface area (Å²) in [5.41, 5.74) is 0.601. The number of likely N-dealkylation sites (N-methyl/N-ethyl adjacent to an activating group) is 1. The Labute approximate surface area is 258 Å². The number of rotatable bonds is 8. The van der Waals surface area contributed by atoms with Gasteiger partial charge < -0.3 is 14.0 Å². The maximum atomic E-state index is 13.7. The van der Waals surface area contributed by atoms with Crippen molar-refractivity contribution in [2.75, 3.05) is 52.4 Å². The minimum absolute atomic E-state index is 0.0143. The molecule has 1 saturated heterocycles. The number of aromatic nitrogens is 3. The van der Waals surface area contributed by atoms with Crippen molar-refractivity contribution in [3.05, 3.63) is 86.5 Å². The smallest absolute Gasteiger partial charge is 0.416 e. The molecule has 2 aliphatic rings. The highest BCUT2D eigenvalue weighted by Crippen LogP contribution is 2.43. The Bertz CT molecular complexity index is 1710. The number of nitrogens with zero attached hydrogens (tertiary/aromatic N) is 5. The van der Waals surface area contributed by atoms with Crippen molar-refractivity contribution >= 4 is 17.6 Å². The van der Waals surface area contributed by atoms with Gasteiger partial charge >= 0.3 is 17.8 Å². The van der Waals surface area contributed by atoms with Crippen LogP contribution in [-0.4, -0.2) is 72.7 Å². The molecule has 45 heavy (non-hydrogen) atoms. The fourth-order valence-corrected chi connectivity index (χ4v) is 6.38. The molecule has 1 N–H and O–H groups in total. The Hall–Kier alpha value is -4.41. The average Bonchev–Trinajstić information content (AvgIpc) is 3.39. The largest absolute Gasteiger partial charge is 0.466 e. The van der Waals surface area contributed by atoms with E-state index in [1.54, 1.807) is 25.1 Å².